The predicted molar refractivity (Wildman–Crippen MR) is 222 cm³/mol. The molecule has 0 spiro atoms. The number of ether oxygens (including phenoxy) is 6. The minimum atomic E-state index is -5.00. The van der Waals surface area contributed by atoms with E-state index < -0.39 is 34.1 Å². The number of benzene rings is 3. The van der Waals surface area contributed by atoms with Crippen molar-refractivity contribution in [1.29, 1.82) is 5.26 Å². The number of anilines is 1. The number of nitrogens with zero attached hydrogens (tertiary/aromatic N) is 8. The number of fused-ring (bicyclic) bond motifs is 4. The highest BCUT2D eigenvalue weighted by molar-refractivity contribution is 7.14. The number of thiophene rings is 1. The highest BCUT2D eigenvalue weighted by Crippen LogP contribution is 2.51. The van der Waals surface area contributed by atoms with E-state index in [1.54, 1.807) is 51.7 Å². The fourth-order valence-electron chi connectivity index (χ4n) is 9.15. The maximum atomic E-state index is 15.7. The molecular weight excluding hydrogens is 862 g/mol. The number of nitriles is 1. The van der Waals surface area contributed by atoms with Gasteiger partial charge in [0.2, 0.25) is 6.17 Å². The van der Waals surface area contributed by atoms with Crippen LogP contribution in [-0.4, -0.2) is 89.7 Å². The molecular formula is C42H31F3N10O8S+2. The lowest BCUT2D eigenvalue weighted by atomic mass is 10.0. The summed E-state index contributed by atoms with van der Waals surface area (Å²) < 4.78 is 89.6. The largest absolute Gasteiger partial charge is 0.496 e. The zero-order valence-electron chi connectivity index (χ0n) is 34.3. The van der Waals surface area contributed by atoms with Crippen LogP contribution in [0.4, 0.5) is 24.8 Å². The van der Waals surface area contributed by atoms with Crippen LogP contribution >= 0.6 is 11.3 Å². The molecule has 3 aromatic heterocycles. The second-order valence-electron chi connectivity index (χ2n) is 14.7. The number of aliphatic imine (C=N–C) groups is 1. The van der Waals surface area contributed by atoms with Crippen LogP contribution in [-0.2, 0) is 17.6 Å². The first-order valence-corrected chi connectivity index (χ1v) is 20.0. The van der Waals surface area contributed by atoms with Crippen molar-refractivity contribution in [3.8, 4) is 40.6 Å². The van der Waals surface area contributed by atoms with Gasteiger partial charge in [0.15, 0.2) is 5.49 Å². The third-order valence-corrected chi connectivity index (χ3v) is 12.9. The Labute approximate surface area is 361 Å². The smallest absolute Gasteiger partial charge is 0.426 e. The van der Waals surface area contributed by atoms with Crippen molar-refractivity contribution in [1.82, 2.24) is 14.7 Å². The summed E-state index contributed by atoms with van der Waals surface area (Å²) in [6.07, 6.45) is -5.03. The molecule has 0 saturated heterocycles. The summed E-state index contributed by atoms with van der Waals surface area (Å²) in [7, 11) is 8.96. The number of nitrogens with one attached hydrogen (secondary N) is 2. The molecule has 6 aromatic rings. The number of halogens is 3. The van der Waals surface area contributed by atoms with E-state index in [1.807, 2.05) is 0 Å². The van der Waals surface area contributed by atoms with Crippen LogP contribution in [0.5, 0.6) is 34.5 Å². The Morgan fingerprint density at radius 2 is 1.38 bits per heavy atom. The van der Waals surface area contributed by atoms with E-state index >= 15 is 13.2 Å². The SMILES string of the molecule is COc1ccc(OC)c2c1C1=Nc3c4c(OC)ccc(OC)c4c4n3Cn3c5c6c(C=C(C#N)C(=O)O)sc(C(F)(F)F)c6c3=NC2=[N+]1N[N+]1=C(N=5)c2c(OC)ccc(OC)c2C1N4. The maximum absolute atomic E-state index is 15.7. The van der Waals surface area contributed by atoms with Gasteiger partial charge in [-0.05, 0) is 57.1 Å². The normalized spacial score (nSPS) is 16.3. The summed E-state index contributed by atoms with van der Waals surface area (Å²) in [5, 5.41) is 24.1. The lowest BCUT2D eigenvalue weighted by Gasteiger charge is -2.23. The van der Waals surface area contributed by atoms with Crippen molar-refractivity contribution in [2.75, 3.05) is 48.0 Å². The number of alkyl halides is 3. The number of carboxylic acid groups (broad SMARTS) is 1. The molecule has 6 aliphatic rings. The summed E-state index contributed by atoms with van der Waals surface area (Å²) in [6, 6.07) is 11.9. The standard InChI is InChI=1S/C42H29F3N10O8S/c1-58-17-7-8-18(59-2)25-24(17)33-47-37-26-19(60-3)9-11-21(62-5)28(26)39-49-35-30-23(13-16(14-46)41(56)57)64-32(42(43,44)45)31(30)36-50-40-29-22(63-6)12-10-20(61-4)27(29)38(55(40)51-54(37)39)48-34(25)52(33)15-53(35)36/h7-13,37,51H,15H2,1-6H3/p+2. The Hall–Kier alpha value is -8.06. The van der Waals surface area contributed by atoms with Gasteiger partial charge in [0.05, 0.1) is 64.6 Å². The van der Waals surface area contributed by atoms with E-state index in [2.05, 4.69) is 10.9 Å². The van der Waals surface area contributed by atoms with Crippen LogP contribution in [0.25, 0.3) is 27.6 Å². The van der Waals surface area contributed by atoms with Crippen molar-refractivity contribution in [3.05, 3.63) is 85.0 Å². The fourth-order valence-corrected chi connectivity index (χ4v) is 10.3. The van der Waals surface area contributed by atoms with Crippen molar-refractivity contribution in [3.63, 3.8) is 0 Å². The van der Waals surface area contributed by atoms with Gasteiger partial charge < -0.3 is 38.8 Å². The third kappa shape index (κ3) is 4.94. The van der Waals surface area contributed by atoms with Crippen LogP contribution < -0.4 is 50.2 Å². The number of aromatic nitrogens is 2. The van der Waals surface area contributed by atoms with E-state index in [1.165, 1.54) is 51.9 Å². The molecule has 9 heterocycles. The fraction of sp³-hybridized carbons (Fsp3) is 0.214. The number of amidine groups is 3. The lowest BCUT2D eigenvalue weighted by Crippen LogP contribution is -2.48. The lowest BCUT2D eigenvalue weighted by molar-refractivity contribution is -0.786. The molecule has 64 heavy (non-hydrogen) atoms. The van der Waals surface area contributed by atoms with E-state index in [9.17, 15) is 15.2 Å². The van der Waals surface area contributed by atoms with Crippen molar-refractivity contribution >= 4 is 74.1 Å². The van der Waals surface area contributed by atoms with Crippen LogP contribution in [0.1, 0.15) is 38.2 Å². The Bertz CT molecular complexity index is 3500. The van der Waals surface area contributed by atoms with E-state index in [4.69, 9.17) is 43.4 Å². The van der Waals surface area contributed by atoms with Crippen molar-refractivity contribution in [2.45, 2.75) is 19.0 Å². The number of carbonyl (C=O) groups is 1. The molecule has 18 nitrogen and oxygen atoms in total. The second-order valence-corrected chi connectivity index (χ2v) is 15.7. The number of hydrazone groups is 2. The average molecular weight is 893 g/mol. The molecule has 0 radical (unpaired) electrons. The molecule has 1 atom stereocenters. The quantitative estimate of drug-likeness (QED) is 0.109. The first kappa shape index (κ1) is 38.8. The maximum Gasteiger partial charge on any atom is 0.426 e. The van der Waals surface area contributed by atoms with Crippen molar-refractivity contribution in [2.24, 2.45) is 15.0 Å². The van der Waals surface area contributed by atoms with Crippen LogP contribution in [0.15, 0.2) is 56.9 Å². The van der Waals surface area contributed by atoms with Crippen LogP contribution in [0.3, 0.4) is 0 Å². The Balaban J connectivity index is 1.49. The summed E-state index contributed by atoms with van der Waals surface area (Å²) in [5.74, 6) is 1.62. The van der Waals surface area contributed by atoms with Crippen LogP contribution in [0.2, 0.25) is 0 Å². The first-order valence-electron chi connectivity index (χ1n) is 19.2. The molecule has 12 rings (SSSR count). The number of hydrazine groups is 2. The first-order chi connectivity index (χ1) is 30.9. The number of hydrogen-bond donors (Lipinski definition) is 3. The molecule has 6 aliphatic heterocycles. The van der Waals surface area contributed by atoms with Gasteiger partial charge in [0, 0.05) is 10.3 Å². The summed E-state index contributed by atoms with van der Waals surface area (Å²) >= 11 is 0.279. The zero-order valence-corrected chi connectivity index (χ0v) is 35.1. The van der Waals surface area contributed by atoms with Gasteiger partial charge in [0.1, 0.15) is 80.0 Å². The molecule has 0 amide bonds. The van der Waals surface area contributed by atoms with Gasteiger partial charge in [-0.3, -0.25) is 9.13 Å². The number of rotatable bonds is 8. The molecule has 1 unspecified atom stereocenters. The minimum Gasteiger partial charge on any atom is -0.496 e. The second kappa shape index (κ2) is 13.5. The molecule has 22 heteroatoms. The van der Waals surface area contributed by atoms with Crippen molar-refractivity contribution < 1.29 is 60.9 Å². The van der Waals surface area contributed by atoms with Gasteiger partial charge in [-0.2, -0.15) is 23.4 Å². The monoisotopic (exact) mass is 892 g/mol. The molecule has 0 saturated carbocycles. The molecule has 12 bridgehead atoms. The van der Waals surface area contributed by atoms with Gasteiger partial charge >= 0.3 is 23.8 Å². The Kier molecular flexibility index (Phi) is 8.17. The zero-order chi connectivity index (χ0) is 44.7. The van der Waals surface area contributed by atoms with Gasteiger partial charge in [0.25, 0.3) is 17.1 Å². The van der Waals surface area contributed by atoms with Gasteiger partial charge in [-0.1, -0.05) is 5.53 Å². The third-order valence-electron chi connectivity index (χ3n) is 11.8. The molecule has 3 N–H and O–H groups in total. The number of aliphatic carboxylic acids is 1. The summed E-state index contributed by atoms with van der Waals surface area (Å²) in [4.78, 5) is 26.9. The number of hydrogen-bond acceptors (Lipinski definition) is 14. The predicted octanol–water partition coefficient (Wildman–Crippen LogP) is 4.66. The average Bonchev–Trinajstić information content (AvgIpc) is 4.05. The van der Waals surface area contributed by atoms with E-state index in [-0.39, 0.29) is 68.3 Å². The van der Waals surface area contributed by atoms with Gasteiger partial charge in [-0.15, -0.1) is 16.0 Å². The molecule has 322 valence electrons. The Morgan fingerprint density at radius 3 is 2.00 bits per heavy atom. The Morgan fingerprint density at radius 1 is 0.797 bits per heavy atom. The van der Waals surface area contributed by atoms with Crippen LogP contribution in [0, 0.1) is 11.3 Å². The van der Waals surface area contributed by atoms with E-state index in [0.29, 0.717) is 67.6 Å². The molecule has 0 fully saturated rings. The topological polar surface area (TPSA) is 193 Å². The number of carboxylic acids is 1. The highest BCUT2D eigenvalue weighted by atomic mass is 32.1. The van der Waals surface area contributed by atoms with E-state index in [0.717, 1.165) is 6.08 Å². The number of methoxy groups -OCH3 is 6. The molecule has 0 aliphatic carbocycles. The molecule has 3 aromatic carbocycles. The van der Waals surface area contributed by atoms with Gasteiger partial charge in [-0.25, -0.2) is 4.79 Å². The minimum absolute atomic E-state index is 0.0564. The highest BCUT2D eigenvalue weighted by Gasteiger charge is 2.52. The summed E-state index contributed by atoms with van der Waals surface area (Å²) in [6.45, 7) is -0.285. The summed E-state index contributed by atoms with van der Waals surface area (Å²) in [5.41, 5.74) is 4.06.